The lowest BCUT2D eigenvalue weighted by Crippen LogP contribution is -2.08. The second-order valence-electron chi connectivity index (χ2n) is 3.16. The highest BCUT2D eigenvalue weighted by Gasteiger charge is 2.47. The molecule has 2 heteroatoms. The second-order valence-corrected chi connectivity index (χ2v) is 3.50. The normalized spacial score (nSPS) is 20.6. The van der Waals surface area contributed by atoms with Crippen molar-refractivity contribution in [3.05, 3.63) is 0 Å². The van der Waals surface area contributed by atoms with Crippen molar-refractivity contribution in [1.82, 2.24) is 0 Å². The average Bonchev–Trinajstić information content (AvgIpc) is 2.64. The van der Waals surface area contributed by atoms with Crippen molar-refractivity contribution < 1.29 is 4.79 Å². The van der Waals surface area contributed by atoms with Gasteiger partial charge in [0, 0.05) is 5.41 Å². The third-order valence-corrected chi connectivity index (χ3v) is 2.68. The van der Waals surface area contributed by atoms with Crippen LogP contribution in [0.1, 0.15) is 39.0 Å². The minimum absolute atomic E-state index is 0.0719. The first-order chi connectivity index (χ1) is 4.71. The number of carbonyl (C=O) groups excluding carboxylic acids is 1. The van der Waals surface area contributed by atoms with Crippen LogP contribution in [0.5, 0.6) is 0 Å². The van der Waals surface area contributed by atoms with Gasteiger partial charge in [0.1, 0.15) is 0 Å². The molecule has 0 atom stereocenters. The SMILES string of the molecule is CCCCC1(C(=O)Cl)CC1. The maximum atomic E-state index is 10.8. The highest BCUT2D eigenvalue weighted by molar-refractivity contribution is 6.65. The molecule has 0 aromatic rings. The monoisotopic (exact) mass is 160 g/mol. The molecule has 0 amide bonds. The quantitative estimate of drug-likeness (QED) is 0.578. The van der Waals surface area contributed by atoms with E-state index in [-0.39, 0.29) is 10.7 Å². The van der Waals surface area contributed by atoms with Gasteiger partial charge in [0.25, 0.3) is 0 Å². The molecule has 0 radical (unpaired) electrons. The molecule has 1 aliphatic rings. The van der Waals surface area contributed by atoms with Crippen LogP contribution in [0.25, 0.3) is 0 Å². The molecule has 10 heavy (non-hydrogen) atoms. The number of halogens is 1. The smallest absolute Gasteiger partial charge is 0.227 e. The lowest BCUT2D eigenvalue weighted by atomic mass is 10.0. The molecular formula is C8H13ClO. The van der Waals surface area contributed by atoms with E-state index >= 15 is 0 Å². The summed E-state index contributed by atoms with van der Waals surface area (Å²) in [6.45, 7) is 2.13. The second kappa shape index (κ2) is 2.91. The molecule has 0 aromatic heterocycles. The van der Waals surface area contributed by atoms with E-state index in [9.17, 15) is 4.79 Å². The van der Waals surface area contributed by atoms with E-state index in [2.05, 4.69) is 6.92 Å². The van der Waals surface area contributed by atoms with E-state index in [1.165, 1.54) is 0 Å². The van der Waals surface area contributed by atoms with Crippen molar-refractivity contribution >= 4 is 16.8 Å². The average molecular weight is 161 g/mol. The molecule has 0 bridgehead atoms. The van der Waals surface area contributed by atoms with Crippen molar-refractivity contribution in [3.8, 4) is 0 Å². The standard InChI is InChI=1S/C8H13ClO/c1-2-3-4-8(5-6-8)7(9)10/h2-6H2,1H3. The number of carbonyl (C=O) groups is 1. The molecular weight excluding hydrogens is 148 g/mol. The van der Waals surface area contributed by atoms with Crippen molar-refractivity contribution in [2.75, 3.05) is 0 Å². The van der Waals surface area contributed by atoms with E-state index in [4.69, 9.17) is 11.6 Å². The fourth-order valence-corrected chi connectivity index (χ4v) is 1.49. The summed E-state index contributed by atoms with van der Waals surface area (Å²) in [5, 5.41) is -0.110. The van der Waals surface area contributed by atoms with Crippen molar-refractivity contribution in [3.63, 3.8) is 0 Å². The Morgan fingerprint density at radius 2 is 2.20 bits per heavy atom. The molecule has 1 nitrogen and oxygen atoms in total. The zero-order valence-electron chi connectivity index (χ0n) is 6.32. The van der Waals surface area contributed by atoms with Gasteiger partial charge in [0.2, 0.25) is 5.24 Å². The van der Waals surface area contributed by atoms with Gasteiger partial charge in [-0.05, 0) is 30.9 Å². The summed E-state index contributed by atoms with van der Waals surface area (Å²) in [6.07, 6.45) is 5.35. The minimum Gasteiger partial charge on any atom is -0.281 e. The molecule has 0 unspecified atom stereocenters. The van der Waals surface area contributed by atoms with Crippen LogP contribution in [0.4, 0.5) is 0 Å². The lowest BCUT2D eigenvalue weighted by molar-refractivity contribution is -0.116. The summed E-state index contributed by atoms with van der Waals surface area (Å²) < 4.78 is 0. The fourth-order valence-electron chi connectivity index (χ4n) is 1.21. The molecule has 1 rings (SSSR count). The van der Waals surface area contributed by atoms with Gasteiger partial charge in [-0.2, -0.15) is 0 Å². The molecule has 0 saturated heterocycles. The Morgan fingerprint density at radius 3 is 2.50 bits per heavy atom. The van der Waals surface area contributed by atoms with Crippen LogP contribution in [-0.4, -0.2) is 5.24 Å². The van der Waals surface area contributed by atoms with Gasteiger partial charge in [-0.15, -0.1) is 0 Å². The number of rotatable bonds is 4. The van der Waals surface area contributed by atoms with E-state index in [1.54, 1.807) is 0 Å². The zero-order valence-corrected chi connectivity index (χ0v) is 7.08. The van der Waals surface area contributed by atoms with Gasteiger partial charge in [-0.25, -0.2) is 0 Å². The Hall–Kier alpha value is -0.0400. The maximum Gasteiger partial charge on any atom is 0.227 e. The number of hydrogen-bond donors (Lipinski definition) is 0. The predicted octanol–water partition coefficient (Wildman–Crippen LogP) is 2.72. The van der Waals surface area contributed by atoms with Crippen LogP contribution in [-0.2, 0) is 4.79 Å². The Morgan fingerprint density at radius 1 is 1.60 bits per heavy atom. The largest absolute Gasteiger partial charge is 0.281 e. The van der Waals surface area contributed by atoms with E-state index in [0.29, 0.717) is 0 Å². The fraction of sp³-hybridized carbons (Fsp3) is 0.875. The minimum atomic E-state index is -0.110. The van der Waals surface area contributed by atoms with Crippen LogP contribution >= 0.6 is 11.6 Å². The van der Waals surface area contributed by atoms with Crippen LogP contribution in [0.15, 0.2) is 0 Å². The van der Waals surface area contributed by atoms with E-state index < -0.39 is 0 Å². The van der Waals surface area contributed by atoms with Gasteiger partial charge in [-0.1, -0.05) is 19.8 Å². The topological polar surface area (TPSA) is 17.1 Å². The van der Waals surface area contributed by atoms with Crippen molar-refractivity contribution in [1.29, 1.82) is 0 Å². The number of unbranched alkanes of at least 4 members (excludes halogenated alkanes) is 1. The van der Waals surface area contributed by atoms with Gasteiger partial charge in [0.15, 0.2) is 0 Å². The summed E-state index contributed by atoms with van der Waals surface area (Å²) in [6, 6.07) is 0. The van der Waals surface area contributed by atoms with Gasteiger partial charge >= 0.3 is 0 Å². The third-order valence-electron chi connectivity index (χ3n) is 2.28. The van der Waals surface area contributed by atoms with Crippen LogP contribution in [0.3, 0.4) is 0 Å². The molecule has 58 valence electrons. The highest BCUT2D eigenvalue weighted by atomic mass is 35.5. The molecule has 1 aliphatic carbocycles. The molecule has 0 N–H and O–H groups in total. The lowest BCUT2D eigenvalue weighted by Gasteiger charge is -2.06. The first kappa shape index (κ1) is 8.06. The Labute approximate surface area is 66.8 Å². The highest BCUT2D eigenvalue weighted by Crippen LogP contribution is 2.51. The Bertz CT molecular complexity index is 138. The molecule has 0 spiro atoms. The zero-order chi connectivity index (χ0) is 7.61. The first-order valence-electron chi connectivity index (χ1n) is 3.91. The van der Waals surface area contributed by atoms with Gasteiger partial charge < -0.3 is 0 Å². The molecule has 1 saturated carbocycles. The van der Waals surface area contributed by atoms with Gasteiger partial charge in [-0.3, -0.25) is 4.79 Å². The van der Waals surface area contributed by atoms with E-state index in [1.807, 2.05) is 0 Å². The summed E-state index contributed by atoms with van der Waals surface area (Å²) in [7, 11) is 0. The predicted molar refractivity (Wildman–Crippen MR) is 42.1 cm³/mol. The molecule has 0 aliphatic heterocycles. The maximum absolute atomic E-state index is 10.8. The summed E-state index contributed by atoms with van der Waals surface area (Å²) in [5.74, 6) is 0. The molecule has 1 fully saturated rings. The van der Waals surface area contributed by atoms with E-state index in [0.717, 1.165) is 32.1 Å². The third kappa shape index (κ3) is 1.51. The molecule has 0 aromatic carbocycles. The van der Waals surface area contributed by atoms with Crippen molar-refractivity contribution in [2.45, 2.75) is 39.0 Å². The van der Waals surface area contributed by atoms with Crippen LogP contribution < -0.4 is 0 Å². The first-order valence-corrected chi connectivity index (χ1v) is 4.29. The van der Waals surface area contributed by atoms with Crippen molar-refractivity contribution in [2.24, 2.45) is 5.41 Å². The number of hydrogen-bond acceptors (Lipinski definition) is 1. The summed E-state index contributed by atoms with van der Waals surface area (Å²) >= 11 is 5.43. The van der Waals surface area contributed by atoms with Crippen LogP contribution in [0.2, 0.25) is 0 Å². The van der Waals surface area contributed by atoms with Gasteiger partial charge in [0.05, 0.1) is 0 Å². The summed E-state index contributed by atoms with van der Waals surface area (Å²) in [4.78, 5) is 10.8. The Balaban J connectivity index is 2.31. The summed E-state index contributed by atoms with van der Waals surface area (Å²) in [5.41, 5.74) is -0.0719. The Kier molecular flexibility index (Phi) is 2.35. The van der Waals surface area contributed by atoms with Crippen LogP contribution in [0, 0.1) is 5.41 Å². The molecule has 0 heterocycles.